The number of hydrogen-bond acceptors (Lipinski definition) is 1. The molecule has 1 N–H and O–H groups in total. The lowest BCUT2D eigenvalue weighted by atomic mass is 10.1. The molecule has 0 fully saturated rings. The lowest BCUT2D eigenvalue weighted by Gasteiger charge is -2.10. The van der Waals surface area contributed by atoms with Gasteiger partial charge in [0, 0.05) is 23.1 Å². The van der Waals surface area contributed by atoms with Crippen LogP contribution in [0, 0.1) is 6.92 Å². The highest BCUT2D eigenvalue weighted by Gasteiger charge is 2.13. The zero-order chi connectivity index (χ0) is 11.9. The summed E-state index contributed by atoms with van der Waals surface area (Å²) in [5.41, 5.74) is 2.35. The van der Waals surface area contributed by atoms with Gasteiger partial charge in [0.1, 0.15) is 0 Å². The van der Waals surface area contributed by atoms with Gasteiger partial charge in [-0.3, -0.25) is 0 Å². The summed E-state index contributed by atoms with van der Waals surface area (Å²) in [5, 5.41) is 9.96. The van der Waals surface area contributed by atoms with Gasteiger partial charge in [-0.05, 0) is 44.5 Å². The summed E-state index contributed by atoms with van der Waals surface area (Å²) in [6.45, 7) is 6.09. The van der Waals surface area contributed by atoms with E-state index in [4.69, 9.17) is 5.11 Å². The molecule has 0 saturated carbocycles. The van der Waals surface area contributed by atoms with Gasteiger partial charge in [0.2, 0.25) is 0 Å². The quantitative estimate of drug-likeness (QED) is 0.839. The second-order valence-electron chi connectivity index (χ2n) is 4.37. The van der Waals surface area contributed by atoms with Gasteiger partial charge in [0.15, 0.2) is 0 Å². The van der Waals surface area contributed by atoms with Crippen LogP contribution in [-0.4, -0.2) is 15.6 Å². The van der Waals surface area contributed by atoms with E-state index in [-0.39, 0.29) is 0 Å². The van der Waals surface area contributed by atoms with E-state index >= 15 is 0 Å². The Morgan fingerprint density at radius 2 is 2.06 bits per heavy atom. The Morgan fingerprint density at radius 3 is 2.62 bits per heavy atom. The van der Waals surface area contributed by atoms with Crippen LogP contribution in [0.2, 0.25) is 0 Å². The van der Waals surface area contributed by atoms with Gasteiger partial charge in [-0.1, -0.05) is 0 Å². The monoisotopic (exact) mass is 217 g/mol. The number of hydrogen-bond donors (Lipinski definition) is 1. The minimum Gasteiger partial charge on any atom is -0.478 e. The third-order valence-corrected chi connectivity index (χ3v) is 2.77. The van der Waals surface area contributed by atoms with Gasteiger partial charge in [0.05, 0.1) is 5.56 Å². The molecule has 84 valence electrons. The van der Waals surface area contributed by atoms with E-state index in [1.54, 1.807) is 6.07 Å². The third kappa shape index (κ3) is 1.58. The SMILES string of the molecule is Cc1cc(C(=O)O)c2ccn(C(C)C)c2c1. The Labute approximate surface area is 94.3 Å². The number of benzene rings is 1. The van der Waals surface area contributed by atoms with E-state index in [2.05, 4.69) is 18.4 Å². The summed E-state index contributed by atoms with van der Waals surface area (Å²) in [6, 6.07) is 5.95. The molecule has 16 heavy (non-hydrogen) atoms. The molecule has 0 bridgehead atoms. The molecule has 1 aromatic carbocycles. The molecule has 0 spiro atoms. The van der Waals surface area contributed by atoms with Crippen molar-refractivity contribution in [3.8, 4) is 0 Å². The Morgan fingerprint density at radius 1 is 1.38 bits per heavy atom. The summed E-state index contributed by atoms with van der Waals surface area (Å²) in [5.74, 6) is -0.866. The number of fused-ring (bicyclic) bond motifs is 1. The van der Waals surface area contributed by atoms with E-state index in [1.807, 2.05) is 25.3 Å². The van der Waals surface area contributed by atoms with Crippen molar-refractivity contribution in [1.82, 2.24) is 4.57 Å². The van der Waals surface area contributed by atoms with E-state index in [0.717, 1.165) is 16.5 Å². The van der Waals surface area contributed by atoms with Crippen molar-refractivity contribution in [3.63, 3.8) is 0 Å². The van der Waals surface area contributed by atoms with E-state index in [9.17, 15) is 4.79 Å². The minimum absolute atomic E-state index is 0.334. The number of rotatable bonds is 2. The van der Waals surface area contributed by atoms with Gasteiger partial charge in [-0.25, -0.2) is 4.79 Å². The number of nitrogens with zero attached hydrogens (tertiary/aromatic N) is 1. The van der Waals surface area contributed by atoms with Crippen LogP contribution >= 0.6 is 0 Å². The first-order valence-corrected chi connectivity index (χ1v) is 5.35. The van der Waals surface area contributed by atoms with Crippen LogP contribution in [-0.2, 0) is 0 Å². The number of aromatic carboxylic acids is 1. The summed E-state index contributed by atoms with van der Waals surface area (Å²) >= 11 is 0. The molecule has 0 aliphatic rings. The summed E-state index contributed by atoms with van der Waals surface area (Å²) in [4.78, 5) is 11.1. The van der Waals surface area contributed by atoms with Crippen molar-refractivity contribution in [2.24, 2.45) is 0 Å². The number of carboxylic acid groups (broad SMARTS) is 1. The van der Waals surface area contributed by atoms with Crippen molar-refractivity contribution in [1.29, 1.82) is 0 Å². The molecule has 0 unspecified atom stereocenters. The van der Waals surface area contributed by atoms with Crippen LogP contribution in [0.5, 0.6) is 0 Å². The molecule has 0 amide bonds. The lowest BCUT2D eigenvalue weighted by molar-refractivity contribution is 0.0699. The molecule has 1 aromatic heterocycles. The predicted octanol–water partition coefficient (Wildman–Crippen LogP) is 3.23. The number of carboxylic acids is 1. The van der Waals surface area contributed by atoms with Gasteiger partial charge < -0.3 is 9.67 Å². The van der Waals surface area contributed by atoms with Crippen LogP contribution in [0.25, 0.3) is 10.9 Å². The van der Waals surface area contributed by atoms with Crippen molar-refractivity contribution >= 4 is 16.9 Å². The average molecular weight is 217 g/mol. The molecular weight excluding hydrogens is 202 g/mol. The standard InChI is InChI=1S/C13H15NO2/c1-8(2)14-5-4-10-11(13(15)16)6-9(3)7-12(10)14/h4-8H,1-3H3,(H,15,16). The molecule has 2 rings (SSSR count). The third-order valence-electron chi connectivity index (χ3n) is 2.77. The number of carbonyl (C=O) groups is 1. The van der Waals surface area contributed by atoms with Crippen molar-refractivity contribution in [3.05, 3.63) is 35.5 Å². The Balaban J connectivity index is 2.81. The summed E-state index contributed by atoms with van der Waals surface area (Å²) in [7, 11) is 0. The molecule has 3 heteroatoms. The van der Waals surface area contributed by atoms with Gasteiger partial charge in [0.25, 0.3) is 0 Å². The van der Waals surface area contributed by atoms with Gasteiger partial charge in [-0.2, -0.15) is 0 Å². The van der Waals surface area contributed by atoms with Crippen LogP contribution in [0.3, 0.4) is 0 Å². The molecule has 0 atom stereocenters. The molecular formula is C13H15NO2. The maximum Gasteiger partial charge on any atom is 0.336 e. The zero-order valence-corrected chi connectivity index (χ0v) is 9.69. The molecule has 2 aromatic rings. The van der Waals surface area contributed by atoms with Crippen LogP contribution in [0.1, 0.15) is 35.8 Å². The van der Waals surface area contributed by atoms with Crippen molar-refractivity contribution in [2.75, 3.05) is 0 Å². The van der Waals surface area contributed by atoms with Crippen molar-refractivity contribution in [2.45, 2.75) is 26.8 Å². The molecule has 0 aliphatic carbocycles. The van der Waals surface area contributed by atoms with Gasteiger partial charge >= 0.3 is 5.97 Å². The summed E-state index contributed by atoms with van der Waals surface area (Å²) < 4.78 is 2.09. The molecule has 0 radical (unpaired) electrons. The highest BCUT2D eigenvalue weighted by molar-refractivity contribution is 6.03. The van der Waals surface area contributed by atoms with Crippen LogP contribution in [0.15, 0.2) is 24.4 Å². The molecule has 0 aliphatic heterocycles. The Bertz CT molecular complexity index is 552. The van der Waals surface area contributed by atoms with Crippen LogP contribution < -0.4 is 0 Å². The fourth-order valence-corrected chi connectivity index (χ4v) is 2.03. The van der Waals surface area contributed by atoms with E-state index in [1.165, 1.54) is 0 Å². The highest BCUT2D eigenvalue weighted by Crippen LogP contribution is 2.25. The fraction of sp³-hybridized carbons (Fsp3) is 0.308. The second kappa shape index (κ2) is 3.67. The Kier molecular flexibility index (Phi) is 2.46. The van der Waals surface area contributed by atoms with Crippen molar-refractivity contribution < 1.29 is 9.90 Å². The normalized spacial score (nSPS) is 11.2. The first-order chi connectivity index (χ1) is 7.50. The first-order valence-electron chi connectivity index (χ1n) is 5.35. The summed E-state index contributed by atoms with van der Waals surface area (Å²) in [6.07, 6.45) is 1.95. The largest absolute Gasteiger partial charge is 0.478 e. The molecule has 1 heterocycles. The fourth-order valence-electron chi connectivity index (χ4n) is 2.03. The first kappa shape index (κ1) is 10.7. The molecule has 0 saturated heterocycles. The highest BCUT2D eigenvalue weighted by atomic mass is 16.4. The van der Waals surface area contributed by atoms with E-state index < -0.39 is 5.97 Å². The number of aryl methyl sites for hydroxylation is 1. The van der Waals surface area contributed by atoms with E-state index in [0.29, 0.717) is 11.6 Å². The number of aromatic nitrogens is 1. The Hall–Kier alpha value is -1.77. The maximum atomic E-state index is 11.1. The maximum absolute atomic E-state index is 11.1. The van der Waals surface area contributed by atoms with Gasteiger partial charge in [-0.15, -0.1) is 0 Å². The predicted molar refractivity (Wildman–Crippen MR) is 64.0 cm³/mol. The second-order valence-corrected chi connectivity index (χ2v) is 4.37. The smallest absolute Gasteiger partial charge is 0.336 e. The minimum atomic E-state index is -0.866. The zero-order valence-electron chi connectivity index (χ0n) is 9.69. The average Bonchev–Trinajstić information content (AvgIpc) is 2.59. The topological polar surface area (TPSA) is 42.2 Å². The van der Waals surface area contributed by atoms with Crippen LogP contribution in [0.4, 0.5) is 0 Å². The molecule has 3 nitrogen and oxygen atoms in total. The lowest BCUT2D eigenvalue weighted by Crippen LogP contribution is -2.01.